The molecule has 2 heteroatoms. The van der Waals surface area contributed by atoms with Gasteiger partial charge in [0, 0.05) is 33.5 Å². The van der Waals surface area contributed by atoms with E-state index >= 15 is 0 Å². The van der Waals surface area contributed by atoms with Crippen molar-refractivity contribution in [2.75, 3.05) is 4.90 Å². The number of benzene rings is 12. The Morgan fingerprint density at radius 1 is 0.206 bits per heavy atom. The molecule has 0 aliphatic heterocycles. The van der Waals surface area contributed by atoms with Crippen molar-refractivity contribution in [3.63, 3.8) is 0 Å². The van der Waals surface area contributed by atoms with Crippen molar-refractivity contribution < 1.29 is 0 Å². The summed E-state index contributed by atoms with van der Waals surface area (Å²) in [4.78, 5) is 2.37. The fourth-order valence-corrected chi connectivity index (χ4v) is 10.5. The van der Waals surface area contributed by atoms with Crippen LogP contribution in [0.25, 0.3) is 104 Å². The molecule has 0 saturated heterocycles. The van der Waals surface area contributed by atoms with Crippen LogP contribution >= 0.6 is 0 Å². The Morgan fingerprint density at radius 3 is 1.01 bits per heavy atom. The zero-order valence-electron chi connectivity index (χ0n) is 37.3. The van der Waals surface area contributed by atoms with E-state index in [0.29, 0.717) is 0 Å². The molecule has 68 heavy (non-hydrogen) atoms. The van der Waals surface area contributed by atoms with E-state index in [1.165, 1.54) is 93.1 Å². The Hall–Kier alpha value is -8.98. The van der Waals surface area contributed by atoms with Gasteiger partial charge < -0.3 is 9.47 Å². The third kappa shape index (κ3) is 6.82. The van der Waals surface area contributed by atoms with Crippen LogP contribution in [-0.4, -0.2) is 4.57 Å². The monoisotopic (exact) mass is 864 g/mol. The molecule has 13 rings (SSSR count). The van der Waals surface area contributed by atoms with Gasteiger partial charge in [0.05, 0.1) is 11.0 Å². The Labute approximate surface area is 395 Å². The SMILES string of the molecule is c1ccc(-c2ccc(-c3ccc(N(c4ccc(-c5cccc(-n6c7ccccc7c7ccccc76)c5)cc4)c4ccc(-c5ccc6c7ccccc7c7ccccc7c6c5)cc4)cc3)cc2)cc1. The van der Waals surface area contributed by atoms with Crippen molar-refractivity contribution in [2.45, 2.75) is 0 Å². The van der Waals surface area contributed by atoms with Gasteiger partial charge in [-0.2, -0.15) is 0 Å². The maximum atomic E-state index is 2.39. The van der Waals surface area contributed by atoms with Crippen LogP contribution in [0.15, 0.2) is 267 Å². The molecule has 0 N–H and O–H groups in total. The van der Waals surface area contributed by atoms with Gasteiger partial charge >= 0.3 is 0 Å². The van der Waals surface area contributed by atoms with Crippen molar-refractivity contribution in [1.29, 1.82) is 0 Å². The van der Waals surface area contributed by atoms with Crippen LogP contribution in [0.1, 0.15) is 0 Å². The number of hydrogen-bond donors (Lipinski definition) is 0. The molecule has 318 valence electrons. The highest BCUT2D eigenvalue weighted by atomic mass is 15.1. The van der Waals surface area contributed by atoms with E-state index in [1.54, 1.807) is 0 Å². The first-order valence-electron chi connectivity index (χ1n) is 23.4. The fourth-order valence-electron chi connectivity index (χ4n) is 10.5. The van der Waals surface area contributed by atoms with Gasteiger partial charge in [0.25, 0.3) is 0 Å². The molecule has 0 atom stereocenters. The van der Waals surface area contributed by atoms with E-state index in [4.69, 9.17) is 0 Å². The van der Waals surface area contributed by atoms with Gasteiger partial charge in [0.15, 0.2) is 0 Å². The summed E-state index contributed by atoms with van der Waals surface area (Å²) in [5.74, 6) is 0. The number of anilines is 3. The highest BCUT2D eigenvalue weighted by Crippen LogP contribution is 2.41. The lowest BCUT2D eigenvalue weighted by molar-refractivity contribution is 1.18. The summed E-state index contributed by atoms with van der Waals surface area (Å²) in [6, 6.07) is 97.3. The second-order valence-electron chi connectivity index (χ2n) is 17.7. The molecule has 0 saturated carbocycles. The maximum absolute atomic E-state index is 2.39. The predicted molar refractivity (Wildman–Crippen MR) is 290 cm³/mol. The summed E-state index contributed by atoms with van der Waals surface area (Å²) < 4.78 is 2.39. The van der Waals surface area contributed by atoms with Crippen molar-refractivity contribution in [1.82, 2.24) is 4.57 Å². The number of nitrogens with zero attached hydrogens (tertiary/aromatic N) is 2. The topological polar surface area (TPSA) is 8.17 Å². The largest absolute Gasteiger partial charge is 0.311 e. The van der Waals surface area contributed by atoms with Gasteiger partial charge in [0.1, 0.15) is 0 Å². The Bertz CT molecular complexity index is 3890. The minimum absolute atomic E-state index is 1.09. The molecular weight excluding hydrogens is 821 g/mol. The molecule has 0 aliphatic carbocycles. The number of rotatable bonds is 8. The molecule has 1 aromatic heterocycles. The summed E-state index contributed by atoms with van der Waals surface area (Å²) in [6.45, 7) is 0. The van der Waals surface area contributed by atoms with Gasteiger partial charge in [0.2, 0.25) is 0 Å². The number of hydrogen-bond acceptors (Lipinski definition) is 1. The molecule has 0 amide bonds. The van der Waals surface area contributed by atoms with Crippen LogP contribution in [0.3, 0.4) is 0 Å². The molecular formula is C66H44N2. The summed E-state index contributed by atoms with van der Waals surface area (Å²) in [7, 11) is 0. The number of para-hydroxylation sites is 2. The molecule has 0 unspecified atom stereocenters. The zero-order valence-corrected chi connectivity index (χ0v) is 37.3. The van der Waals surface area contributed by atoms with E-state index in [-0.39, 0.29) is 0 Å². The third-order valence-electron chi connectivity index (χ3n) is 13.8. The van der Waals surface area contributed by atoms with Crippen molar-refractivity contribution >= 4 is 71.2 Å². The predicted octanol–water partition coefficient (Wildman–Crippen LogP) is 18.4. The minimum Gasteiger partial charge on any atom is -0.311 e. The zero-order chi connectivity index (χ0) is 45.0. The Kier molecular flexibility index (Phi) is 9.54. The van der Waals surface area contributed by atoms with E-state index in [1.807, 2.05) is 0 Å². The van der Waals surface area contributed by atoms with E-state index in [2.05, 4.69) is 276 Å². The first-order chi connectivity index (χ1) is 33.7. The summed E-state index contributed by atoms with van der Waals surface area (Å²) in [6.07, 6.45) is 0. The maximum Gasteiger partial charge on any atom is 0.0541 e. The van der Waals surface area contributed by atoms with Gasteiger partial charge in [-0.1, -0.05) is 200 Å². The lowest BCUT2D eigenvalue weighted by Crippen LogP contribution is -2.09. The summed E-state index contributed by atoms with van der Waals surface area (Å²) in [5.41, 5.74) is 16.4. The van der Waals surface area contributed by atoms with Crippen LogP contribution in [0.4, 0.5) is 17.1 Å². The normalized spacial score (nSPS) is 11.5. The standard InChI is InChI=1S/C66H44N2/c1-2-13-45(14-3-1)46-25-27-47(28-26-46)48-29-36-53(37-30-48)67(55-40-33-50(34-41-55)52-35-42-61-59-19-5-4-17-57(59)58-18-6-7-20-60(58)64(61)44-52)54-38-31-49(32-39-54)51-15-12-16-56(43-51)68-65-23-10-8-21-62(65)63-22-9-11-24-66(63)68/h1-44H. The molecule has 0 radical (unpaired) electrons. The van der Waals surface area contributed by atoms with E-state index in [9.17, 15) is 0 Å². The summed E-state index contributed by atoms with van der Waals surface area (Å²) in [5, 5.41) is 10.2. The molecule has 0 spiro atoms. The molecule has 0 fully saturated rings. The van der Waals surface area contributed by atoms with Crippen molar-refractivity contribution in [3.8, 4) is 50.2 Å². The van der Waals surface area contributed by atoms with Crippen molar-refractivity contribution in [3.05, 3.63) is 267 Å². The van der Waals surface area contributed by atoms with Crippen LogP contribution < -0.4 is 4.90 Å². The highest BCUT2D eigenvalue weighted by molar-refractivity contribution is 6.25. The lowest BCUT2D eigenvalue weighted by Gasteiger charge is -2.26. The van der Waals surface area contributed by atoms with Crippen LogP contribution in [-0.2, 0) is 0 Å². The molecule has 13 aromatic rings. The van der Waals surface area contributed by atoms with Crippen molar-refractivity contribution in [2.24, 2.45) is 0 Å². The van der Waals surface area contributed by atoms with E-state index in [0.717, 1.165) is 28.3 Å². The van der Waals surface area contributed by atoms with Gasteiger partial charge in [-0.05, 0) is 144 Å². The van der Waals surface area contributed by atoms with Gasteiger partial charge in [-0.15, -0.1) is 0 Å². The number of aromatic nitrogens is 1. The molecule has 0 aliphatic rings. The Morgan fingerprint density at radius 2 is 0.529 bits per heavy atom. The molecule has 0 bridgehead atoms. The third-order valence-corrected chi connectivity index (χ3v) is 13.8. The van der Waals surface area contributed by atoms with Crippen LogP contribution in [0.5, 0.6) is 0 Å². The second-order valence-corrected chi connectivity index (χ2v) is 17.7. The second kappa shape index (κ2) is 16.5. The van der Waals surface area contributed by atoms with E-state index < -0.39 is 0 Å². The molecule has 2 nitrogen and oxygen atoms in total. The first-order valence-corrected chi connectivity index (χ1v) is 23.4. The van der Waals surface area contributed by atoms with Gasteiger partial charge in [-0.25, -0.2) is 0 Å². The quantitative estimate of drug-likeness (QED) is 0.138. The lowest BCUT2D eigenvalue weighted by atomic mass is 9.92. The first kappa shape index (κ1) is 39.4. The van der Waals surface area contributed by atoms with Crippen LogP contribution in [0, 0.1) is 0 Å². The minimum atomic E-state index is 1.09. The Balaban J connectivity index is 0.869. The van der Waals surface area contributed by atoms with Crippen LogP contribution in [0.2, 0.25) is 0 Å². The highest BCUT2D eigenvalue weighted by Gasteiger charge is 2.17. The fraction of sp³-hybridized carbons (Fsp3) is 0. The average Bonchev–Trinajstić information content (AvgIpc) is 3.76. The van der Waals surface area contributed by atoms with Gasteiger partial charge in [-0.3, -0.25) is 0 Å². The smallest absolute Gasteiger partial charge is 0.0541 e. The number of fused-ring (bicyclic) bond motifs is 9. The summed E-state index contributed by atoms with van der Waals surface area (Å²) >= 11 is 0. The average molecular weight is 865 g/mol. The molecule has 12 aromatic carbocycles. The molecule has 1 heterocycles.